The molecule has 6 heteroatoms. The second kappa shape index (κ2) is 5.97. The van der Waals surface area contributed by atoms with Gasteiger partial charge in [0.25, 0.3) is 0 Å². The molecule has 6 nitrogen and oxygen atoms in total. The number of ether oxygens (including phenoxy) is 2. The molecule has 3 N–H and O–H groups in total. The number of nitrogen functional groups attached to an aromatic ring is 1. The van der Waals surface area contributed by atoms with Gasteiger partial charge in [-0.25, -0.2) is 9.97 Å². The van der Waals surface area contributed by atoms with Crippen molar-refractivity contribution in [1.29, 1.82) is 0 Å². The van der Waals surface area contributed by atoms with Gasteiger partial charge in [0, 0.05) is 19.6 Å². The van der Waals surface area contributed by atoms with Crippen LogP contribution in [0.4, 0.5) is 11.6 Å². The molecule has 1 aliphatic rings. The zero-order valence-corrected chi connectivity index (χ0v) is 11.9. The Morgan fingerprint density at radius 2 is 2.24 bits per heavy atom. The van der Waals surface area contributed by atoms with E-state index >= 15 is 0 Å². The van der Waals surface area contributed by atoms with Gasteiger partial charge in [-0.05, 0) is 11.6 Å². The Hall–Kier alpha value is -2.34. The Bertz CT molecular complexity index is 608. The average molecular weight is 286 g/mol. The maximum absolute atomic E-state index is 5.87. The molecule has 0 amide bonds. The molecule has 1 aliphatic heterocycles. The van der Waals surface area contributed by atoms with Crippen molar-refractivity contribution in [3.63, 3.8) is 0 Å². The largest absolute Gasteiger partial charge is 0.488 e. The molecule has 2 heterocycles. The zero-order valence-electron chi connectivity index (χ0n) is 11.9. The van der Waals surface area contributed by atoms with Crippen LogP contribution < -0.4 is 15.8 Å². The van der Waals surface area contributed by atoms with Gasteiger partial charge >= 0.3 is 0 Å². The van der Waals surface area contributed by atoms with Crippen molar-refractivity contribution in [2.45, 2.75) is 19.1 Å². The summed E-state index contributed by atoms with van der Waals surface area (Å²) in [6.07, 6.45) is 0.999. The van der Waals surface area contributed by atoms with Crippen LogP contribution in [0.5, 0.6) is 5.75 Å². The van der Waals surface area contributed by atoms with Crippen LogP contribution in [0.15, 0.2) is 30.3 Å². The van der Waals surface area contributed by atoms with Crippen LogP contribution in [0.25, 0.3) is 0 Å². The van der Waals surface area contributed by atoms with Crippen molar-refractivity contribution in [3.8, 4) is 5.75 Å². The number of nitrogens with two attached hydrogens (primary N) is 1. The Kier molecular flexibility index (Phi) is 3.87. The Morgan fingerprint density at radius 1 is 1.38 bits per heavy atom. The first kappa shape index (κ1) is 13.6. The highest BCUT2D eigenvalue weighted by Gasteiger charge is 2.22. The molecule has 2 aromatic rings. The molecular formula is C15H18N4O2. The molecule has 21 heavy (non-hydrogen) atoms. The van der Waals surface area contributed by atoms with Gasteiger partial charge in [0.2, 0.25) is 0 Å². The molecule has 1 aromatic heterocycles. The zero-order chi connectivity index (χ0) is 14.7. The molecule has 0 bridgehead atoms. The Balaban J connectivity index is 1.61. The van der Waals surface area contributed by atoms with Crippen LogP contribution in [0.1, 0.15) is 11.4 Å². The fourth-order valence-electron chi connectivity index (χ4n) is 2.39. The minimum absolute atomic E-state index is 0.101. The van der Waals surface area contributed by atoms with E-state index in [1.807, 2.05) is 18.2 Å². The van der Waals surface area contributed by atoms with Gasteiger partial charge in [0.15, 0.2) is 5.82 Å². The smallest absolute Gasteiger partial charge is 0.158 e. The molecule has 110 valence electrons. The minimum Gasteiger partial charge on any atom is -0.488 e. The summed E-state index contributed by atoms with van der Waals surface area (Å²) in [4.78, 5) is 8.46. The molecule has 1 aromatic carbocycles. The van der Waals surface area contributed by atoms with Crippen molar-refractivity contribution < 1.29 is 9.47 Å². The number of rotatable bonds is 5. The summed E-state index contributed by atoms with van der Waals surface area (Å²) in [7, 11) is 1.60. The second-order valence-electron chi connectivity index (χ2n) is 4.96. The maximum atomic E-state index is 5.87. The third-order valence-electron chi connectivity index (χ3n) is 3.29. The topological polar surface area (TPSA) is 82.3 Å². The number of nitrogens with zero attached hydrogens (tertiary/aromatic N) is 2. The van der Waals surface area contributed by atoms with E-state index in [-0.39, 0.29) is 6.10 Å². The lowest BCUT2D eigenvalue weighted by Crippen LogP contribution is -2.24. The van der Waals surface area contributed by atoms with Crippen molar-refractivity contribution in [3.05, 3.63) is 41.7 Å². The molecule has 0 aliphatic carbocycles. The van der Waals surface area contributed by atoms with Crippen molar-refractivity contribution in [2.75, 3.05) is 24.7 Å². The summed E-state index contributed by atoms with van der Waals surface area (Å²) >= 11 is 0. The predicted molar refractivity (Wildman–Crippen MR) is 80.2 cm³/mol. The highest BCUT2D eigenvalue weighted by molar-refractivity contribution is 5.45. The number of fused-ring (bicyclic) bond motifs is 1. The number of aromatic nitrogens is 2. The van der Waals surface area contributed by atoms with Gasteiger partial charge in [0.1, 0.15) is 30.1 Å². The van der Waals surface area contributed by atoms with E-state index in [0.717, 1.165) is 12.2 Å². The SMILES string of the molecule is COCc1nc(N)cc(NCC2Cc3ccccc3O2)n1. The molecule has 0 fully saturated rings. The van der Waals surface area contributed by atoms with Crippen molar-refractivity contribution in [1.82, 2.24) is 9.97 Å². The molecule has 1 atom stereocenters. The van der Waals surface area contributed by atoms with Crippen LogP contribution in [0.2, 0.25) is 0 Å². The summed E-state index contributed by atoms with van der Waals surface area (Å²) < 4.78 is 10.9. The number of anilines is 2. The quantitative estimate of drug-likeness (QED) is 0.869. The Labute approximate surface area is 123 Å². The number of nitrogens with one attached hydrogen (secondary N) is 1. The van der Waals surface area contributed by atoms with E-state index < -0.39 is 0 Å². The monoisotopic (exact) mass is 286 g/mol. The lowest BCUT2D eigenvalue weighted by atomic mass is 10.1. The first-order valence-electron chi connectivity index (χ1n) is 6.85. The van der Waals surface area contributed by atoms with Crippen LogP contribution in [-0.4, -0.2) is 29.7 Å². The second-order valence-corrected chi connectivity index (χ2v) is 4.96. The van der Waals surface area contributed by atoms with E-state index in [0.29, 0.717) is 30.6 Å². The molecule has 3 rings (SSSR count). The maximum Gasteiger partial charge on any atom is 0.158 e. The summed E-state index contributed by atoms with van der Waals surface area (Å²) in [6, 6.07) is 9.81. The molecule has 0 radical (unpaired) electrons. The number of benzene rings is 1. The van der Waals surface area contributed by atoms with Gasteiger partial charge in [-0.1, -0.05) is 18.2 Å². The van der Waals surface area contributed by atoms with Crippen LogP contribution >= 0.6 is 0 Å². The standard InChI is InChI=1S/C15H18N4O2/c1-20-9-15-18-13(16)7-14(19-15)17-8-11-6-10-4-2-3-5-12(10)21-11/h2-5,7,11H,6,8-9H2,1H3,(H3,16,17,18,19). The van der Waals surface area contributed by atoms with Crippen LogP contribution in [0, 0.1) is 0 Å². The van der Waals surface area contributed by atoms with Gasteiger partial charge < -0.3 is 20.5 Å². The summed E-state index contributed by atoms with van der Waals surface area (Å²) in [5, 5.41) is 3.25. The molecular weight excluding hydrogens is 268 g/mol. The minimum atomic E-state index is 0.101. The third-order valence-corrected chi connectivity index (χ3v) is 3.29. The summed E-state index contributed by atoms with van der Waals surface area (Å²) in [5.41, 5.74) is 7.01. The van der Waals surface area contributed by atoms with Crippen LogP contribution in [0.3, 0.4) is 0 Å². The predicted octanol–water partition coefficient (Wildman–Crippen LogP) is 1.62. The average Bonchev–Trinajstić information content (AvgIpc) is 2.88. The van der Waals surface area contributed by atoms with Gasteiger partial charge in [-0.2, -0.15) is 0 Å². The van der Waals surface area contributed by atoms with E-state index in [1.54, 1.807) is 13.2 Å². The van der Waals surface area contributed by atoms with Crippen LogP contribution in [-0.2, 0) is 17.8 Å². The normalized spacial score (nSPS) is 16.3. The van der Waals surface area contributed by atoms with Gasteiger partial charge in [-0.3, -0.25) is 0 Å². The number of methoxy groups -OCH3 is 1. The number of para-hydroxylation sites is 1. The molecule has 0 saturated carbocycles. The summed E-state index contributed by atoms with van der Waals surface area (Å²) in [5.74, 6) is 2.64. The first-order chi connectivity index (χ1) is 10.2. The number of hydrogen-bond acceptors (Lipinski definition) is 6. The third kappa shape index (κ3) is 3.22. The Morgan fingerprint density at radius 3 is 3.05 bits per heavy atom. The molecule has 1 unspecified atom stereocenters. The molecule has 0 spiro atoms. The fourth-order valence-corrected chi connectivity index (χ4v) is 2.39. The lowest BCUT2D eigenvalue weighted by Gasteiger charge is -2.13. The van der Waals surface area contributed by atoms with E-state index in [2.05, 4.69) is 21.4 Å². The van der Waals surface area contributed by atoms with Gasteiger partial charge in [0.05, 0.1) is 6.54 Å². The highest BCUT2D eigenvalue weighted by atomic mass is 16.5. The van der Waals surface area contributed by atoms with E-state index in [4.69, 9.17) is 15.2 Å². The first-order valence-corrected chi connectivity index (χ1v) is 6.85. The lowest BCUT2D eigenvalue weighted by molar-refractivity contribution is 0.178. The van der Waals surface area contributed by atoms with Crippen molar-refractivity contribution in [2.24, 2.45) is 0 Å². The van der Waals surface area contributed by atoms with Crippen molar-refractivity contribution >= 4 is 11.6 Å². The van der Waals surface area contributed by atoms with E-state index in [9.17, 15) is 0 Å². The molecule has 0 saturated heterocycles. The fraction of sp³-hybridized carbons (Fsp3) is 0.333. The van der Waals surface area contributed by atoms with E-state index in [1.165, 1.54) is 5.56 Å². The summed E-state index contributed by atoms with van der Waals surface area (Å²) in [6.45, 7) is 1.00. The number of hydrogen-bond donors (Lipinski definition) is 2. The highest BCUT2D eigenvalue weighted by Crippen LogP contribution is 2.28. The van der Waals surface area contributed by atoms with Gasteiger partial charge in [-0.15, -0.1) is 0 Å².